The number of hydrogen-bond acceptors (Lipinski definition) is 8. The number of allylic oxidation sites excluding steroid dienone is 1. The van der Waals surface area contributed by atoms with Crippen molar-refractivity contribution in [1.29, 1.82) is 0 Å². The maximum absolute atomic E-state index is 11.9. The summed E-state index contributed by atoms with van der Waals surface area (Å²) in [4.78, 5) is 21.3. The van der Waals surface area contributed by atoms with E-state index in [1.165, 1.54) is 27.5 Å². The highest BCUT2D eigenvalue weighted by Gasteiger charge is 2.18. The van der Waals surface area contributed by atoms with Gasteiger partial charge in [0.2, 0.25) is 0 Å². The van der Waals surface area contributed by atoms with Crippen LogP contribution in [-0.2, 0) is 19.2 Å². The van der Waals surface area contributed by atoms with E-state index in [-0.39, 0.29) is 5.71 Å². The number of nitrogens with one attached hydrogen (secondary N) is 1. The van der Waals surface area contributed by atoms with Crippen LogP contribution in [0.4, 0.5) is 0 Å². The van der Waals surface area contributed by atoms with Gasteiger partial charge in [-0.1, -0.05) is 36.0 Å². The molecule has 128 valence electrons. The SMILES string of the molecule is C=C(NOC)C(C)=NN=Cc1ccccc1C(=NOC)C(=O)OC. The van der Waals surface area contributed by atoms with E-state index in [2.05, 4.69) is 27.4 Å². The molecule has 0 bridgehead atoms. The Kier molecular flexibility index (Phi) is 7.86. The van der Waals surface area contributed by atoms with Gasteiger partial charge in [-0.2, -0.15) is 10.2 Å². The second-order valence-electron chi connectivity index (χ2n) is 4.42. The largest absolute Gasteiger partial charge is 0.464 e. The summed E-state index contributed by atoms with van der Waals surface area (Å²) in [6.07, 6.45) is 1.49. The number of methoxy groups -OCH3 is 1. The van der Waals surface area contributed by atoms with Gasteiger partial charge in [-0.05, 0) is 6.92 Å². The van der Waals surface area contributed by atoms with E-state index in [4.69, 9.17) is 14.4 Å². The van der Waals surface area contributed by atoms with Gasteiger partial charge in [0.05, 0.1) is 31.8 Å². The molecule has 0 atom stereocenters. The van der Waals surface area contributed by atoms with E-state index in [1.807, 2.05) is 0 Å². The first-order chi connectivity index (χ1) is 11.5. The minimum absolute atomic E-state index is 0.0354. The van der Waals surface area contributed by atoms with E-state index in [0.29, 0.717) is 22.5 Å². The quantitative estimate of drug-likeness (QED) is 0.444. The summed E-state index contributed by atoms with van der Waals surface area (Å²) in [5.74, 6) is -0.616. The molecule has 1 rings (SSSR count). The molecule has 0 spiro atoms. The van der Waals surface area contributed by atoms with Crippen molar-refractivity contribution < 1.29 is 19.2 Å². The summed E-state index contributed by atoms with van der Waals surface area (Å²) >= 11 is 0. The molecule has 0 aliphatic heterocycles. The van der Waals surface area contributed by atoms with Gasteiger partial charge in [0, 0.05) is 11.1 Å². The highest BCUT2D eigenvalue weighted by molar-refractivity contribution is 6.44. The molecule has 1 aromatic rings. The molecule has 1 aromatic carbocycles. The molecule has 0 aromatic heterocycles. The minimum Gasteiger partial charge on any atom is -0.464 e. The predicted octanol–water partition coefficient (Wildman–Crippen LogP) is 1.67. The predicted molar refractivity (Wildman–Crippen MR) is 92.0 cm³/mol. The van der Waals surface area contributed by atoms with E-state index in [1.54, 1.807) is 31.2 Å². The number of hydroxylamine groups is 1. The Balaban J connectivity index is 3.12. The Morgan fingerprint density at radius 1 is 1.25 bits per heavy atom. The number of ether oxygens (including phenoxy) is 1. The molecule has 8 nitrogen and oxygen atoms in total. The fourth-order valence-corrected chi connectivity index (χ4v) is 1.64. The Morgan fingerprint density at radius 2 is 1.96 bits per heavy atom. The average molecular weight is 332 g/mol. The normalized spacial score (nSPS) is 12.2. The molecule has 0 saturated carbocycles. The fraction of sp³-hybridized carbons (Fsp3) is 0.250. The molecule has 0 heterocycles. The van der Waals surface area contributed by atoms with Crippen LogP contribution in [-0.4, -0.2) is 44.9 Å². The molecule has 8 heteroatoms. The standard InChI is InChI=1S/C16H20N4O4/c1-11(12(2)19-23-4)18-17-10-13-8-6-7-9-14(13)15(20-24-5)16(21)22-3/h6-10,19H,2H2,1,3-5H3. The van der Waals surface area contributed by atoms with E-state index in [0.717, 1.165) is 0 Å². The first-order valence-corrected chi connectivity index (χ1v) is 6.89. The maximum atomic E-state index is 11.9. The number of hydrogen-bond donors (Lipinski definition) is 1. The molecule has 0 saturated heterocycles. The Hall–Kier alpha value is -3.00. The third-order valence-electron chi connectivity index (χ3n) is 2.84. The third-order valence-corrected chi connectivity index (χ3v) is 2.84. The summed E-state index contributed by atoms with van der Waals surface area (Å²) in [5, 5.41) is 11.7. The van der Waals surface area contributed by atoms with Crippen molar-refractivity contribution in [2.75, 3.05) is 21.3 Å². The van der Waals surface area contributed by atoms with Crippen molar-refractivity contribution in [3.8, 4) is 0 Å². The van der Waals surface area contributed by atoms with Gasteiger partial charge in [0.1, 0.15) is 7.11 Å². The molecule has 0 amide bonds. The summed E-state index contributed by atoms with van der Waals surface area (Å²) in [5.41, 5.74) is 4.77. The third kappa shape index (κ3) is 5.33. The monoisotopic (exact) mass is 332 g/mol. The Labute approximate surface area is 140 Å². The number of oxime groups is 1. The van der Waals surface area contributed by atoms with Gasteiger partial charge < -0.3 is 9.57 Å². The van der Waals surface area contributed by atoms with Crippen LogP contribution in [0.2, 0.25) is 0 Å². The first-order valence-electron chi connectivity index (χ1n) is 6.89. The van der Waals surface area contributed by atoms with Gasteiger partial charge in [0.15, 0.2) is 5.71 Å². The zero-order valence-corrected chi connectivity index (χ0v) is 14.1. The van der Waals surface area contributed by atoms with Gasteiger partial charge in [-0.3, -0.25) is 10.3 Å². The number of carbonyl (C=O) groups excluding carboxylic acids is 1. The number of esters is 1. The summed E-state index contributed by atoms with van der Waals surface area (Å²) in [7, 11) is 4.09. The molecular weight excluding hydrogens is 312 g/mol. The van der Waals surface area contributed by atoms with Crippen LogP contribution in [0.5, 0.6) is 0 Å². The number of benzene rings is 1. The molecule has 24 heavy (non-hydrogen) atoms. The fourth-order valence-electron chi connectivity index (χ4n) is 1.64. The van der Waals surface area contributed by atoms with E-state index >= 15 is 0 Å². The number of carbonyl (C=O) groups is 1. The zero-order chi connectivity index (χ0) is 17.9. The first kappa shape index (κ1) is 19.0. The van der Waals surface area contributed by atoms with E-state index < -0.39 is 5.97 Å². The van der Waals surface area contributed by atoms with Crippen molar-refractivity contribution >= 4 is 23.6 Å². The molecule has 0 unspecified atom stereocenters. The van der Waals surface area contributed by atoms with Gasteiger partial charge in [0.25, 0.3) is 0 Å². The number of rotatable bonds is 8. The van der Waals surface area contributed by atoms with Crippen LogP contribution in [0.3, 0.4) is 0 Å². The lowest BCUT2D eigenvalue weighted by Crippen LogP contribution is -2.19. The van der Waals surface area contributed by atoms with Crippen LogP contribution in [0.25, 0.3) is 0 Å². The van der Waals surface area contributed by atoms with Crippen LogP contribution in [0.1, 0.15) is 18.1 Å². The summed E-state index contributed by atoms with van der Waals surface area (Å²) < 4.78 is 4.72. The Bertz CT molecular complexity index is 680. The average Bonchev–Trinajstić information content (AvgIpc) is 2.59. The molecule has 0 radical (unpaired) electrons. The van der Waals surface area contributed by atoms with Crippen LogP contribution in [0, 0.1) is 0 Å². The molecule has 0 aliphatic rings. The van der Waals surface area contributed by atoms with Gasteiger partial charge in [-0.15, -0.1) is 0 Å². The second kappa shape index (κ2) is 9.90. The molecule has 0 aliphatic carbocycles. The minimum atomic E-state index is -0.616. The van der Waals surface area contributed by atoms with Gasteiger partial charge >= 0.3 is 5.97 Å². The second-order valence-corrected chi connectivity index (χ2v) is 4.42. The smallest absolute Gasteiger partial charge is 0.360 e. The van der Waals surface area contributed by atoms with Crippen LogP contribution >= 0.6 is 0 Å². The highest BCUT2D eigenvalue weighted by atomic mass is 16.6. The van der Waals surface area contributed by atoms with Crippen molar-refractivity contribution in [3.05, 3.63) is 47.7 Å². The van der Waals surface area contributed by atoms with Crippen molar-refractivity contribution in [1.82, 2.24) is 5.48 Å². The highest BCUT2D eigenvalue weighted by Crippen LogP contribution is 2.10. The van der Waals surface area contributed by atoms with Crippen molar-refractivity contribution in [2.24, 2.45) is 15.4 Å². The summed E-state index contributed by atoms with van der Waals surface area (Å²) in [6, 6.07) is 7.03. The molecule has 1 N–H and O–H groups in total. The molecule has 0 fully saturated rings. The lowest BCUT2D eigenvalue weighted by molar-refractivity contribution is -0.132. The number of nitrogens with zero attached hydrogens (tertiary/aromatic N) is 3. The summed E-state index contributed by atoms with van der Waals surface area (Å²) in [6.45, 7) is 5.46. The lowest BCUT2D eigenvalue weighted by atomic mass is 10.0. The maximum Gasteiger partial charge on any atom is 0.360 e. The van der Waals surface area contributed by atoms with Crippen molar-refractivity contribution in [3.63, 3.8) is 0 Å². The lowest BCUT2D eigenvalue weighted by Gasteiger charge is -2.07. The van der Waals surface area contributed by atoms with E-state index in [9.17, 15) is 4.79 Å². The zero-order valence-electron chi connectivity index (χ0n) is 14.1. The van der Waals surface area contributed by atoms with Crippen molar-refractivity contribution in [2.45, 2.75) is 6.92 Å². The topological polar surface area (TPSA) is 93.9 Å². The van der Waals surface area contributed by atoms with Crippen LogP contribution < -0.4 is 5.48 Å². The van der Waals surface area contributed by atoms with Crippen LogP contribution in [0.15, 0.2) is 51.9 Å². The molecular formula is C16H20N4O4. The Morgan fingerprint density at radius 3 is 2.58 bits per heavy atom. The van der Waals surface area contributed by atoms with Gasteiger partial charge in [-0.25, -0.2) is 4.79 Å².